The average molecular weight is 559 g/mol. The first-order chi connectivity index (χ1) is 19.5. The van der Waals surface area contributed by atoms with Crippen molar-refractivity contribution in [3.05, 3.63) is 89.0 Å². The normalized spacial score (nSPS) is 13.3. The van der Waals surface area contributed by atoms with Gasteiger partial charge in [-0.1, -0.05) is 42.1 Å². The van der Waals surface area contributed by atoms with Gasteiger partial charge in [0, 0.05) is 67.4 Å². The van der Waals surface area contributed by atoms with Crippen LogP contribution in [0.2, 0.25) is 0 Å². The lowest BCUT2D eigenvalue weighted by Crippen LogP contribution is -2.48. The van der Waals surface area contributed by atoms with Crippen LogP contribution < -0.4 is 9.64 Å². The summed E-state index contributed by atoms with van der Waals surface area (Å²) < 4.78 is 7.44. The lowest BCUT2D eigenvalue weighted by atomic mass is 10.2. The van der Waals surface area contributed by atoms with Crippen LogP contribution in [0.15, 0.2) is 84.0 Å². The molecule has 1 saturated heterocycles. The number of piperazine rings is 1. The van der Waals surface area contributed by atoms with Crippen molar-refractivity contribution in [3.63, 3.8) is 0 Å². The number of aromatic nitrogens is 3. The number of carbonyl (C=O) groups is 1. The molecule has 40 heavy (non-hydrogen) atoms. The van der Waals surface area contributed by atoms with Gasteiger partial charge in [-0.05, 0) is 42.8 Å². The number of carbonyl (C=O) groups excluding carboxylic acids is 1. The second kappa shape index (κ2) is 12.6. The van der Waals surface area contributed by atoms with Crippen LogP contribution in [0.1, 0.15) is 12.8 Å². The number of non-ortho nitro benzene ring substituents is 1. The summed E-state index contributed by atoms with van der Waals surface area (Å²) >= 11 is 1.59. The number of nitro groups is 1. The fourth-order valence-corrected chi connectivity index (χ4v) is 5.56. The Morgan fingerprint density at radius 3 is 2.40 bits per heavy atom. The molecule has 3 aromatic carbocycles. The predicted octanol–water partition coefficient (Wildman–Crippen LogP) is 5.07. The van der Waals surface area contributed by atoms with Crippen LogP contribution in [0, 0.1) is 10.1 Å². The molecule has 206 valence electrons. The van der Waals surface area contributed by atoms with Gasteiger partial charge < -0.3 is 14.5 Å². The van der Waals surface area contributed by atoms with Crippen molar-refractivity contribution in [1.29, 1.82) is 0 Å². The number of para-hydroxylation sites is 1. The Morgan fingerprint density at radius 1 is 0.950 bits per heavy atom. The minimum atomic E-state index is -0.399. The van der Waals surface area contributed by atoms with Gasteiger partial charge in [-0.2, -0.15) is 0 Å². The first kappa shape index (κ1) is 27.2. The van der Waals surface area contributed by atoms with Gasteiger partial charge in [0.05, 0.1) is 12.0 Å². The lowest BCUT2D eigenvalue weighted by molar-refractivity contribution is -0.384. The van der Waals surface area contributed by atoms with Crippen molar-refractivity contribution in [3.8, 4) is 22.8 Å². The quantitative estimate of drug-likeness (QED) is 0.115. The Kier molecular flexibility index (Phi) is 8.60. The molecular formula is C29H30N6O4S. The zero-order valence-corrected chi connectivity index (χ0v) is 23.0. The molecule has 10 nitrogen and oxygen atoms in total. The van der Waals surface area contributed by atoms with Gasteiger partial charge in [-0.3, -0.25) is 19.5 Å². The highest BCUT2D eigenvalue weighted by Gasteiger charge is 2.22. The molecule has 0 spiro atoms. The number of thioether (sulfide) groups is 1. The van der Waals surface area contributed by atoms with Gasteiger partial charge in [-0.25, -0.2) is 0 Å². The van der Waals surface area contributed by atoms with E-state index in [1.807, 2.05) is 64.1 Å². The van der Waals surface area contributed by atoms with Gasteiger partial charge in [-0.15, -0.1) is 10.2 Å². The molecular weight excluding hydrogens is 528 g/mol. The van der Waals surface area contributed by atoms with Crippen molar-refractivity contribution >= 4 is 29.0 Å². The number of amides is 1. The number of benzene rings is 3. The molecule has 0 aliphatic carbocycles. The SMILES string of the molecule is COc1cccc(-c2nnc(SCCCC(=O)N3CCN(c4ccc([N+](=O)[O-])cc4)CC3)n2-c2ccccc2)c1. The van der Waals surface area contributed by atoms with Gasteiger partial charge in [0.1, 0.15) is 5.75 Å². The molecule has 0 saturated carbocycles. The highest BCUT2D eigenvalue weighted by molar-refractivity contribution is 7.99. The van der Waals surface area contributed by atoms with E-state index in [4.69, 9.17) is 4.74 Å². The molecule has 5 rings (SSSR count). The summed E-state index contributed by atoms with van der Waals surface area (Å²) in [6.07, 6.45) is 1.19. The summed E-state index contributed by atoms with van der Waals surface area (Å²) in [5.74, 6) is 2.36. The molecule has 1 fully saturated rings. The van der Waals surface area contributed by atoms with Crippen LogP contribution in [0.5, 0.6) is 5.75 Å². The summed E-state index contributed by atoms with van der Waals surface area (Å²) in [4.78, 5) is 27.4. The Balaban J connectivity index is 1.16. The van der Waals surface area contributed by atoms with Crippen molar-refractivity contribution < 1.29 is 14.5 Å². The first-order valence-electron chi connectivity index (χ1n) is 13.1. The van der Waals surface area contributed by atoms with Gasteiger partial charge in [0.25, 0.3) is 5.69 Å². The van der Waals surface area contributed by atoms with Crippen molar-refractivity contribution in [2.45, 2.75) is 18.0 Å². The van der Waals surface area contributed by atoms with Gasteiger partial charge in [0.2, 0.25) is 5.91 Å². The van der Waals surface area contributed by atoms with E-state index >= 15 is 0 Å². The van der Waals surface area contributed by atoms with Crippen LogP contribution in [0.25, 0.3) is 17.1 Å². The maximum Gasteiger partial charge on any atom is 0.269 e. The summed E-state index contributed by atoms with van der Waals surface area (Å²) in [5, 5.41) is 20.6. The highest BCUT2D eigenvalue weighted by atomic mass is 32.2. The summed E-state index contributed by atoms with van der Waals surface area (Å²) in [5.41, 5.74) is 2.89. The zero-order valence-electron chi connectivity index (χ0n) is 22.2. The largest absolute Gasteiger partial charge is 0.497 e. The molecule has 1 aliphatic rings. The molecule has 0 N–H and O–H groups in total. The topological polar surface area (TPSA) is 107 Å². The second-order valence-corrected chi connectivity index (χ2v) is 10.4. The van der Waals surface area contributed by atoms with Gasteiger partial charge in [0.15, 0.2) is 11.0 Å². The Morgan fingerprint density at radius 2 is 1.70 bits per heavy atom. The van der Waals surface area contributed by atoms with E-state index in [0.717, 1.165) is 45.8 Å². The van der Waals surface area contributed by atoms with Crippen molar-refractivity contribution in [2.75, 3.05) is 43.9 Å². The molecule has 11 heteroatoms. The fourth-order valence-electron chi connectivity index (χ4n) is 4.67. The maximum absolute atomic E-state index is 12.9. The molecule has 0 unspecified atom stereocenters. The minimum absolute atomic E-state index is 0.0778. The zero-order chi connectivity index (χ0) is 27.9. The highest BCUT2D eigenvalue weighted by Crippen LogP contribution is 2.30. The smallest absolute Gasteiger partial charge is 0.269 e. The number of hydrogen-bond donors (Lipinski definition) is 0. The van der Waals surface area contributed by atoms with Crippen LogP contribution in [0.4, 0.5) is 11.4 Å². The lowest BCUT2D eigenvalue weighted by Gasteiger charge is -2.36. The van der Waals surface area contributed by atoms with E-state index in [-0.39, 0.29) is 11.6 Å². The third-order valence-corrected chi connectivity index (χ3v) is 7.82. The number of anilines is 1. The van der Waals surface area contributed by atoms with E-state index in [0.29, 0.717) is 32.6 Å². The molecule has 1 amide bonds. The first-order valence-corrected chi connectivity index (χ1v) is 14.1. The van der Waals surface area contributed by atoms with E-state index in [1.165, 1.54) is 12.1 Å². The third kappa shape index (κ3) is 6.26. The number of rotatable bonds is 10. The predicted molar refractivity (Wildman–Crippen MR) is 155 cm³/mol. The van der Waals surface area contributed by atoms with Crippen molar-refractivity contribution in [2.24, 2.45) is 0 Å². The molecule has 0 radical (unpaired) electrons. The summed E-state index contributed by atoms with van der Waals surface area (Å²) in [6.45, 7) is 2.67. The second-order valence-electron chi connectivity index (χ2n) is 9.30. The Bertz CT molecular complexity index is 1450. The number of nitro benzene ring substituents is 1. The number of methoxy groups -OCH3 is 1. The van der Waals surface area contributed by atoms with Crippen LogP contribution in [-0.4, -0.2) is 69.5 Å². The van der Waals surface area contributed by atoms with Gasteiger partial charge >= 0.3 is 0 Å². The van der Waals surface area contributed by atoms with Crippen molar-refractivity contribution in [1.82, 2.24) is 19.7 Å². The molecule has 1 aliphatic heterocycles. The molecule has 0 bridgehead atoms. The summed E-state index contributed by atoms with van der Waals surface area (Å²) in [7, 11) is 1.64. The van der Waals surface area contributed by atoms with E-state index < -0.39 is 4.92 Å². The van der Waals surface area contributed by atoms with E-state index in [1.54, 1.807) is 31.0 Å². The number of ether oxygens (including phenoxy) is 1. The number of nitrogens with zero attached hydrogens (tertiary/aromatic N) is 6. The van der Waals surface area contributed by atoms with E-state index in [2.05, 4.69) is 15.1 Å². The molecule has 0 atom stereocenters. The van der Waals surface area contributed by atoms with E-state index in [9.17, 15) is 14.9 Å². The fraction of sp³-hybridized carbons (Fsp3) is 0.276. The Labute approximate surface area is 236 Å². The maximum atomic E-state index is 12.9. The van der Waals surface area contributed by atoms with Crippen LogP contribution in [-0.2, 0) is 4.79 Å². The minimum Gasteiger partial charge on any atom is -0.497 e. The average Bonchev–Trinajstić information content (AvgIpc) is 3.43. The monoisotopic (exact) mass is 558 g/mol. The number of hydrogen-bond acceptors (Lipinski definition) is 8. The third-order valence-electron chi connectivity index (χ3n) is 6.80. The molecule has 2 heterocycles. The Hall–Kier alpha value is -4.38. The molecule has 4 aromatic rings. The van der Waals surface area contributed by atoms with Crippen LogP contribution in [0.3, 0.4) is 0 Å². The molecule has 1 aromatic heterocycles. The standard InChI is InChI=1S/C29H30N6O4S/c1-39-26-10-5-7-22(21-26)28-30-31-29(34(28)24-8-3-2-4-9-24)40-20-6-11-27(36)33-18-16-32(17-19-33)23-12-14-25(15-13-23)35(37)38/h2-5,7-10,12-15,21H,6,11,16-20H2,1H3. The summed E-state index contributed by atoms with van der Waals surface area (Å²) in [6, 6.07) is 24.3. The van der Waals surface area contributed by atoms with Crippen LogP contribution >= 0.6 is 11.8 Å².